The number of halogens is 1. The van der Waals surface area contributed by atoms with E-state index in [1.54, 1.807) is 26.4 Å². The molecule has 0 aliphatic heterocycles. The summed E-state index contributed by atoms with van der Waals surface area (Å²) >= 11 is 3.38. The molecular weight excluding hydrogens is 326 g/mol. The Morgan fingerprint density at radius 2 is 2.10 bits per heavy atom. The Hall–Kier alpha value is -1.27. The van der Waals surface area contributed by atoms with E-state index >= 15 is 0 Å². The van der Waals surface area contributed by atoms with Gasteiger partial charge in [0.05, 0.1) is 18.2 Å². The first-order valence-electron chi connectivity index (χ1n) is 6.41. The number of benzene rings is 1. The molecule has 6 heteroatoms. The molecule has 0 saturated heterocycles. The number of amides is 1. The first-order valence-corrected chi connectivity index (χ1v) is 7.20. The van der Waals surface area contributed by atoms with E-state index in [2.05, 4.69) is 21.2 Å². The summed E-state index contributed by atoms with van der Waals surface area (Å²) in [5.41, 5.74) is 0.526. The third-order valence-corrected chi connectivity index (χ3v) is 3.18. The van der Waals surface area contributed by atoms with E-state index in [1.165, 1.54) is 0 Å². The average molecular weight is 346 g/mol. The number of carbonyl (C=O) groups excluding carboxylic acids is 1. The molecule has 0 unspecified atom stereocenters. The SMILES string of the molecule is CCOc1cc(C(=O)NCCCOC)cc(Br)c1OC. The quantitative estimate of drug-likeness (QED) is 0.736. The van der Waals surface area contributed by atoms with Gasteiger partial charge in [-0.05, 0) is 41.4 Å². The van der Waals surface area contributed by atoms with E-state index in [4.69, 9.17) is 14.2 Å². The van der Waals surface area contributed by atoms with E-state index in [0.29, 0.717) is 41.3 Å². The molecule has 0 spiro atoms. The van der Waals surface area contributed by atoms with Crippen molar-refractivity contribution in [3.8, 4) is 11.5 Å². The van der Waals surface area contributed by atoms with Crippen molar-refractivity contribution in [3.05, 3.63) is 22.2 Å². The van der Waals surface area contributed by atoms with E-state index < -0.39 is 0 Å². The van der Waals surface area contributed by atoms with Crippen molar-refractivity contribution in [3.63, 3.8) is 0 Å². The second-order valence-electron chi connectivity index (χ2n) is 4.02. The smallest absolute Gasteiger partial charge is 0.251 e. The molecule has 0 radical (unpaired) electrons. The summed E-state index contributed by atoms with van der Waals surface area (Å²) in [6.45, 7) is 3.57. The number of hydrogen-bond donors (Lipinski definition) is 1. The third kappa shape index (κ3) is 4.68. The van der Waals surface area contributed by atoms with E-state index in [-0.39, 0.29) is 5.91 Å². The maximum absolute atomic E-state index is 12.0. The largest absolute Gasteiger partial charge is 0.492 e. The Morgan fingerprint density at radius 3 is 2.70 bits per heavy atom. The van der Waals surface area contributed by atoms with E-state index in [0.717, 1.165) is 6.42 Å². The van der Waals surface area contributed by atoms with Crippen LogP contribution in [-0.4, -0.2) is 39.9 Å². The lowest BCUT2D eigenvalue weighted by Crippen LogP contribution is -2.25. The van der Waals surface area contributed by atoms with Crippen LogP contribution >= 0.6 is 15.9 Å². The second kappa shape index (κ2) is 8.81. The second-order valence-corrected chi connectivity index (χ2v) is 4.88. The Labute approximate surface area is 127 Å². The predicted octanol–water partition coefficient (Wildman–Crippen LogP) is 2.62. The lowest BCUT2D eigenvalue weighted by atomic mass is 10.2. The van der Waals surface area contributed by atoms with E-state index in [9.17, 15) is 4.79 Å². The summed E-state index contributed by atoms with van der Waals surface area (Å²) in [4.78, 5) is 12.0. The van der Waals surface area contributed by atoms with Crippen molar-refractivity contribution in [2.75, 3.05) is 34.0 Å². The molecule has 1 N–H and O–H groups in total. The summed E-state index contributed by atoms with van der Waals surface area (Å²) in [5.74, 6) is 0.986. The number of nitrogens with one attached hydrogen (secondary N) is 1. The van der Waals surface area contributed by atoms with Crippen LogP contribution in [-0.2, 0) is 4.74 Å². The fourth-order valence-electron chi connectivity index (χ4n) is 1.68. The van der Waals surface area contributed by atoms with Gasteiger partial charge in [-0.15, -0.1) is 0 Å². The summed E-state index contributed by atoms with van der Waals surface area (Å²) < 4.78 is 16.4. The summed E-state index contributed by atoms with van der Waals surface area (Å²) in [5, 5.41) is 2.83. The van der Waals surface area contributed by atoms with Crippen molar-refractivity contribution < 1.29 is 19.0 Å². The normalized spacial score (nSPS) is 10.2. The van der Waals surface area contributed by atoms with Crippen LogP contribution in [0.4, 0.5) is 0 Å². The Balaban J connectivity index is 2.81. The third-order valence-electron chi connectivity index (χ3n) is 2.59. The van der Waals surface area contributed by atoms with Crippen LogP contribution in [0.5, 0.6) is 11.5 Å². The minimum Gasteiger partial charge on any atom is -0.492 e. The fourth-order valence-corrected chi connectivity index (χ4v) is 2.28. The molecule has 0 aliphatic rings. The number of hydrogen-bond acceptors (Lipinski definition) is 4. The van der Waals surface area contributed by atoms with Gasteiger partial charge in [-0.25, -0.2) is 0 Å². The van der Waals surface area contributed by atoms with Crippen molar-refractivity contribution in [1.29, 1.82) is 0 Å². The highest BCUT2D eigenvalue weighted by Crippen LogP contribution is 2.36. The van der Waals surface area contributed by atoms with Crippen LogP contribution < -0.4 is 14.8 Å². The zero-order valence-corrected chi connectivity index (χ0v) is 13.6. The lowest BCUT2D eigenvalue weighted by molar-refractivity contribution is 0.0948. The first kappa shape index (κ1) is 16.8. The highest BCUT2D eigenvalue weighted by molar-refractivity contribution is 9.10. The maximum atomic E-state index is 12.0. The van der Waals surface area contributed by atoms with Gasteiger partial charge in [0.2, 0.25) is 0 Å². The highest BCUT2D eigenvalue weighted by atomic mass is 79.9. The topological polar surface area (TPSA) is 56.8 Å². The molecule has 20 heavy (non-hydrogen) atoms. The molecule has 0 bridgehead atoms. The van der Waals surface area contributed by atoms with Crippen LogP contribution in [0.1, 0.15) is 23.7 Å². The van der Waals surface area contributed by atoms with Gasteiger partial charge in [-0.2, -0.15) is 0 Å². The molecule has 1 rings (SSSR count). The zero-order chi connectivity index (χ0) is 15.0. The van der Waals surface area contributed by atoms with Gasteiger partial charge in [0.15, 0.2) is 11.5 Å². The van der Waals surface area contributed by atoms with Gasteiger partial charge < -0.3 is 19.5 Å². The highest BCUT2D eigenvalue weighted by Gasteiger charge is 2.14. The number of rotatable bonds is 8. The summed E-state index contributed by atoms with van der Waals surface area (Å²) in [7, 11) is 3.20. The molecule has 1 aromatic carbocycles. The average Bonchev–Trinajstić information content (AvgIpc) is 2.43. The van der Waals surface area contributed by atoms with Crippen LogP contribution in [0.3, 0.4) is 0 Å². The van der Waals surface area contributed by atoms with Crippen molar-refractivity contribution in [2.24, 2.45) is 0 Å². The molecular formula is C14H20BrNO4. The molecule has 0 atom stereocenters. The van der Waals surface area contributed by atoms with Gasteiger partial charge >= 0.3 is 0 Å². The van der Waals surface area contributed by atoms with Crippen LogP contribution in [0.15, 0.2) is 16.6 Å². The Bertz CT molecular complexity index is 451. The number of methoxy groups -OCH3 is 2. The monoisotopic (exact) mass is 345 g/mol. The molecule has 0 saturated carbocycles. The first-order chi connectivity index (χ1) is 9.63. The van der Waals surface area contributed by atoms with Gasteiger partial charge in [0.25, 0.3) is 5.91 Å². The van der Waals surface area contributed by atoms with Crippen LogP contribution in [0.2, 0.25) is 0 Å². The number of ether oxygens (including phenoxy) is 3. The minimum atomic E-state index is -0.148. The summed E-state index contributed by atoms with van der Waals surface area (Å²) in [6.07, 6.45) is 0.776. The van der Waals surface area contributed by atoms with Gasteiger partial charge in [0.1, 0.15) is 0 Å². The predicted molar refractivity (Wildman–Crippen MR) is 80.7 cm³/mol. The maximum Gasteiger partial charge on any atom is 0.251 e. The van der Waals surface area contributed by atoms with Gasteiger partial charge in [0, 0.05) is 25.8 Å². The summed E-state index contributed by atoms with van der Waals surface area (Å²) in [6, 6.07) is 3.39. The molecule has 1 aromatic rings. The van der Waals surface area contributed by atoms with Gasteiger partial charge in [-0.3, -0.25) is 4.79 Å². The zero-order valence-electron chi connectivity index (χ0n) is 12.0. The lowest BCUT2D eigenvalue weighted by Gasteiger charge is -2.13. The molecule has 0 heterocycles. The Morgan fingerprint density at radius 1 is 1.35 bits per heavy atom. The van der Waals surface area contributed by atoms with Crippen LogP contribution in [0.25, 0.3) is 0 Å². The van der Waals surface area contributed by atoms with Crippen molar-refractivity contribution in [2.45, 2.75) is 13.3 Å². The minimum absolute atomic E-state index is 0.148. The molecule has 0 aliphatic carbocycles. The van der Waals surface area contributed by atoms with Crippen molar-refractivity contribution >= 4 is 21.8 Å². The molecule has 0 aromatic heterocycles. The fraction of sp³-hybridized carbons (Fsp3) is 0.500. The number of carbonyl (C=O) groups is 1. The van der Waals surface area contributed by atoms with Crippen molar-refractivity contribution in [1.82, 2.24) is 5.32 Å². The molecule has 1 amide bonds. The van der Waals surface area contributed by atoms with Gasteiger partial charge in [-0.1, -0.05) is 0 Å². The standard InChI is InChI=1S/C14H20BrNO4/c1-4-20-12-9-10(8-11(15)13(12)19-3)14(17)16-6-5-7-18-2/h8-9H,4-7H2,1-3H3,(H,16,17). The van der Waals surface area contributed by atoms with E-state index in [1.807, 2.05) is 6.92 Å². The molecule has 0 fully saturated rings. The Kier molecular flexibility index (Phi) is 7.40. The molecule has 112 valence electrons. The van der Waals surface area contributed by atoms with Crippen LogP contribution in [0, 0.1) is 0 Å². The molecule has 5 nitrogen and oxygen atoms in total.